The summed E-state index contributed by atoms with van der Waals surface area (Å²) in [6.07, 6.45) is 3.30. The fraction of sp³-hybridized carbons (Fsp3) is 0.375. The van der Waals surface area contributed by atoms with Gasteiger partial charge in [0.05, 0.1) is 13.2 Å². The van der Waals surface area contributed by atoms with Gasteiger partial charge in [0.15, 0.2) is 0 Å². The molecule has 1 N–H and O–H groups in total. The first-order valence-corrected chi connectivity index (χ1v) is 6.94. The molecule has 0 unspecified atom stereocenters. The zero-order valence-electron chi connectivity index (χ0n) is 11.7. The molecule has 0 radical (unpaired) electrons. The van der Waals surface area contributed by atoms with E-state index in [1.165, 1.54) is 5.69 Å². The van der Waals surface area contributed by atoms with Gasteiger partial charge in [0.1, 0.15) is 5.75 Å². The lowest BCUT2D eigenvalue weighted by molar-refractivity contribution is 0.340. The van der Waals surface area contributed by atoms with Crippen molar-refractivity contribution in [3.63, 3.8) is 0 Å². The molecule has 1 aromatic heterocycles. The Morgan fingerprint density at radius 1 is 1.11 bits per heavy atom. The van der Waals surface area contributed by atoms with E-state index < -0.39 is 0 Å². The number of benzene rings is 1. The Bertz CT molecular complexity index is 488. The van der Waals surface area contributed by atoms with Crippen LogP contribution in [0.15, 0.2) is 42.6 Å². The highest BCUT2D eigenvalue weighted by Crippen LogP contribution is 2.16. The third-order valence-electron chi connectivity index (χ3n) is 3.03. The van der Waals surface area contributed by atoms with Crippen LogP contribution < -0.4 is 10.1 Å². The van der Waals surface area contributed by atoms with E-state index in [1.54, 1.807) is 0 Å². The van der Waals surface area contributed by atoms with Crippen LogP contribution in [0.5, 0.6) is 5.75 Å². The Labute approximate surface area is 115 Å². The van der Waals surface area contributed by atoms with E-state index in [2.05, 4.69) is 47.3 Å². The van der Waals surface area contributed by atoms with Crippen LogP contribution in [0.3, 0.4) is 0 Å². The summed E-state index contributed by atoms with van der Waals surface area (Å²) in [5, 5.41) is 3.44. The van der Waals surface area contributed by atoms with Gasteiger partial charge in [-0.1, -0.05) is 6.92 Å². The minimum absolute atomic E-state index is 0.706. The first-order chi connectivity index (χ1) is 9.33. The van der Waals surface area contributed by atoms with Crippen LogP contribution >= 0.6 is 0 Å². The van der Waals surface area contributed by atoms with E-state index in [9.17, 15) is 0 Å². The lowest BCUT2D eigenvalue weighted by atomic mass is 10.3. The van der Waals surface area contributed by atoms with Crippen molar-refractivity contribution in [2.24, 2.45) is 0 Å². The molecule has 0 bridgehead atoms. The van der Waals surface area contributed by atoms with Gasteiger partial charge in [0, 0.05) is 24.1 Å². The number of anilines is 1. The second kappa shape index (κ2) is 6.88. The van der Waals surface area contributed by atoms with Gasteiger partial charge in [-0.3, -0.25) is 0 Å². The first kappa shape index (κ1) is 13.5. The number of aryl methyl sites for hydroxylation is 1. The fourth-order valence-corrected chi connectivity index (χ4v) is 2.10. The van der Waals surface area contributed by atoms with Gasteiger partial charge in [-0.2, -0.15) is 0 Å². The Morgan fingerprint density at radius 3 is 2.58 bits per heavy atom. The fourth-order valence-electron chi connectivity index (χ4n) is 2.10. The number of nitrogens with zero attached hydrogens (tertiary/aromatic N) is 1. The van der Waals surface area contributed by atoms with Crippen molar-refractivity contribution in [2.45, 2.75) is 33.4 Å². The molecular formula is C16H22N2O. The Balaban J connectivity index is 1.92. The summed E-state index contributed by atoms with van der Waals surface area (Å²) >= 11 is 0. The molecule has 0 fully saturated rings. The number of hydrogen-bond acceptors (Lipinski definition) is 2. The molecule has 102 valence electrons. The predicted octanol–water partition coefficient (Wildman–Crippen LogP) is 3.91. The molecule has 3 heteroatoms. The zero-order chi connectivity index (χ0) is 13.5. The molecule has 1 aromatic carbocycles. The number of ether oxygens (including phenoxy) is 1. The number of aromatic nitrogens is 1. The summed E-state index contributed by atoms with van der Waals surface area (Å²) in [6, 6.07) is 12.4. The second-order valence-electron chi connectivity index (χ2n) is 4.50. The highest BCUT2D eigenvalue weighted by molar-refractivity contribution is 5.46. The van der Waals surface area contributed by atoms with Crippen LogP contribution in [0, 0.1) is 0 Å². The lowest BCUT2D eigenvalue weighted by Gasteiger charge is -2.11. The highest BCUT2D eigenvalue weighted by Gasteiger charge is 2.00. The lowest BCUT2D eigenvalue weighted by Crippen LogP contribution is -2.06. The topological polar surface area (TPSA) is 26.2 Å². The summed E-state index contributed by atoms with van der Waals surface area (Å²) in [5.41, 5.74) is 2.43. The largest absolute Gasteiger partial charge is 0.494 e. The van der Waals surface area contributed by atoms with Crippen molar-refractivity contribution in [3.8, 4) is 5.75 Å². The van der Waals surface area contributed by atoms with E-state index >= 15 is 0 Å². The van der Waals surface area contributed by atoms with Crippen LogP contribution in [0.1, 0.15) is 26.0 Å². The molecule has 0 aliphatic heterocycles. The van der Waals surface area contributed by atoms with Crippen molar-refractivity contribution < 1.29 is 4.74 Å². The van der Waals surface area contributed by atoms with Crippen LogP contribution in [0.4, 0.5) is 5.69 Å². The SMILES string of the molecule is CCCn1cccc1CNc1ccc(OCC)cc1. The molecule has 0 atom stereocenters. The first-order valence-electron chi connectivity index (χ1n) is 6.94. The van der Waals surface area contributed by atoms with E-state index in [-0.39, 0.29) is 0 Å². The van der Waals surface area contributed by atoms with E-state index in [0.717, 1.165) is 30.9 Å². The molecule has 0 amide bonds. The maximum Gasteiger partial charge on any atom is 0.119 e. The number of hydrogen-bond donors (Lipinski definition) is 1. The van der Waals surface area contributed by atoms with Gasteiger partial charge in [-0.05, 0) is 49.7 Å². The van der Waals surface area contributed by atoms with E-state index in [4.69, 9.17) is 4.74 Å². The molecule has 0 spiro atoms. The molecule has 0 aliphatic carbocycles. The second-order valence-corrected chi connectivity index (χ2v) is 4.50. The van der Waals surface area contributed by atoms with Crippen LogP contribution in [0.2, 0.25) is 0 Å². The standard InChI is InChI=1S/C16H22N2O/c1-3-11-18-12-5-6-15(18)13-17-14-7-9-16(10-8-14)19-4-2/h5-10,12,17H,3-4,11,13H2,1-2H3. The average Bonchev–Trinajstić information content (AvgIpc) is 2.86. The molecule has 0 saturated heterocycles. The van der Waals surface area contributed by atoms with E-state index in [0.29, 0.717) is 6.61 Å². The molecule has 0 saturated carbocycles. The van der Waals surface area contributed by atoms with Crippen LogP contribution in [0.25, 0.3) is 0 Å². The maximum atomic E-state index is 5.43. The highest BCUT2D eigenvalue weighted by atomic mass is 16.5. The molecule has 2 rings (SSSR count). The molecular weight excluding hydrogens is 236 g/mol. The van der Waals surface area contributed by atoms with Gasteiger partial charge in [0.2, 0.25) is 0 Å². The van der Waals surface area contributed by atoms with Crippen LogP contribution in [-0.4, -0.2) is 11.2 Å². The monoisotopic (exact) mass is 258 g/mol. The van der Waals surface area contributed by atoms with Gasteiger partial charge >= 0.3 is 0 Å². The normalized spacial score (nSPS) is 10.4. The van der Waals surface area contributed by atoms with Crippen LogP contribution in [-0.2, 0) is 13.1 Å². The Morgan fingerprint density at radius 2 is 1.89 bits per heavy atom. The van der Waals surface area contributed by atoms with Crippen molar-refractivity contribution >= 4 is 5.69 Å². The molecule has 3 nitrogen and oxygen atoms in total. The zero-order valence-corrected chi connectivity index (χ0v) is 11.7. The summed E-state index contributed by atoms with van der Waals surface area (Å²) < 4.78 is 7.72. The van der Waals surface area contributed by atoms with Gasteiger partial charge < -0.3 is 14.6 Å². The van der Waals surface area contributed by atoms with Crippen molar-refractivity contribution in [1.82, 2.24) is 4.57 Å². The number of nitrogens with one attached hydrogen (secondary N) is 1. The van der Waals surface area contributed by atoms with Crippen molar-refractivity contribution in [1.29, 1.82) is 0 Å². The van der Waals surface area contributed by atoms with Gasteiger partial charge in [-0.15, -0.1) is 0 Å². The summed E-state index contributed by atoms with van der Waals surface area (Å²) in [5.74, 6) is 0.919. The minimum atomic E-state index is 0.706. The van der Waals surface area contributed by atoms with Crippen molar-refractivity contribution in [3.05, 3.63) is 48.3 Å². The van der Waals surface area contributed by atoms with Crippen molar-refractivity contribution in [2.75, 3.05) is 11.9 Å². The molecule has 19 heavy (non-hydrogen) atoms. The molecule has 1 heterocycles. The summed E-state index contributed by atoms with van der Waals surface area (Å²) in [7, 11) is 0. The smallest absolute Gasteiger partial charge is 0.119 e. The minimum Gasteiger partial charge on any atom is -0.494 e. The predicted molar refractivity (Wildman–Crippen MR) is 79.7 cm³/mol. The van der Waals surface area contributed by atoms with E-state index in [1.807, 2.05) is 19.1 Å². The Hall–Kier alpha value is -1.90. The molecule has 0 aliphatic rings. The third-order valence-corrected chi connectivity index (χ3v) is 3.03. The van der Waals surface area contributed by atoms with Gasteiger partial charge in [-0.25, -0.2) is 0 Å². The van der Waals surface area contributed by atoms with Gasteiger partial charge in [0.25, 0.3) is 0 Å². The summed E-state index contributed by atoms with van der Waals surface area (Å²) in [6.45, 7) is 6.82. The summed E-state index contributed by atoms with van der Waals surface area (Å²) in [4.78, 5) is 0. The third kappa shape index (κ3) is 3.78. The quantitative estimate of drug-likeness (QED) is 0.815. The maximum absolute atomic E-state index is 5.43. The Kier molecular flexibility index (Phi) is 4.90. The number of rotatable bonds is 7. The molecule has 2 aromatic rings. The average molecular weight is 258 g/mol.